The lowest BCUT2D eigenvalue weighted by Crippen LogP contribution is -2.03. The van der Waals surface area contributed by atoms with Gasteiger partial charge in [-0.15, -0.1) is 22.7 Å². The van der Waals surface area contributed by atoms with Crippen molar-refractivity contribution in [2.24, 2.45) is 0 Å². The second-order valence-electron chi connectivity index (χ2n) is 24.4. The van der Waals surface area contributed by atoms with Crippen molar-refractivity contribution in [2.45, 2.75) is 6.42 Å². The summed E-state index contributed by atoms with van der Waals surface area (Å²) in [4.78, 5) is 22.7. The summed E-state index contributed by atoms with van der Waals surface area (Å²) in [5, 5.41) is 15.2. The van der Waals surface area contributed by atoms with Crippen LogP contribution in [0.2, 0.25) is 5.15 Å². The molecule has 14 aromatic carbocycles. The van der Waals surface area contributed by atoms with Crippen LogP contribution in [0.3, 0.4) is 0 Å². The molecule has 0 spiro atoms. The smallest absolute Gasteiger partial charge is 0.165 e. The molecule has 0 N–H and O–H groups in total. The highest BCUT2D eigenvalue weighted by molar-refractivity contribution is 7.25. The summed E-state index contributed by atoms with van der Waals surface area (Å²) in [7, 11) is 0. The van der Waals surface area contributed by atoms with Crippen molar-refractivity contribution in [3.63, 3.8) is 0 Å². The number of hydrogen-bond acceptors (Lipinski definition) is 6. The molecule has 0 bridgehead atoms. The number of thiophene rings is 2. The van der Waals surface area contributed by atoms with Gasteiger partial charge in [0.2, 0.25) is 0 Å². The summed E-state index contributed by atoms with van der Waals surface area (Å²) in [6, 6.07) is 100. The molecule has 5 heterocycles. The van der Waals surface area contributed by atoms with Crippen LogP contribution in [0.15, 0.2) is 279 Å². The van der Waals surface area contributed by atoms with Crippen LogP contribution in [0.1, 0.15) is 11.1 Å². The number of benzene rings is 14. The molecule has 22 rings (SSSR count). The van der Waals surface area contributed by atoms with Crippen molar-refractivity contribution in [2.75, 3.05) is 0 Å². The van der Waals surface area contributed by atoms with E-state index in [-0.39, 0.29) is 0 Å². The van der Waals surface area contributed by atoms with Crippen LogP contribution in [0, 0.1) is 0 Å². The first-order valence-corrected chi connectivity index (χ1v) is 33.4. The van der Waals surface area contributed by atoms with Crippen LogP contribution >= 0.6 is 34.3 Å². The maximum absolute atomic E-state index is 6.71. The Bertz CT molecular complexity index is 6390. The van der Waals surface area contributed by atoms with E-state index in [0.29, 0.717) is 5.15 Å². The predicted octanol–water partition coefficient (Wildman–Crippen LogP) is 23.9. The summed E-state index contributed by atoms with van der Waals surface area (Å²) >= 11 is 10.1. The fourth-order valence-corrected chi connectivity index (χ4v) is 17.5. The van der Waals surface area contributed by atoms with Crippen molar-refractivity contribution in [3.8, 4) is 84.0 Å². The average molecular weight is 1240 g/mol. The van der Waals surface area contributed by atoms with Gasteiger partial charge in [0.25, 0.3) is 0 Å². The number of hydrogen-bond donors (Lipinski definition) is 0. The Labute approximate surface area is 546 Å². The summed E-state index contributed by atoms with van der Waals surface area (Å²) in [5.74, 6) is 0.855. The molecule has 8 heteroatoms. The molecule has 5 aromatic heterocycles. The van der Waals surface area contributed by atoms with E-state index < -0.39 is 0 Å². The molecular formula is C85H48ClN5S2. The average Bonchev–Trinajstić information content (AvgIpc) is 1.63. The zero-order valence-electron chi connectivity index (χ0n) is 49.7. The van der Waals surface area contributed by atoms with E-state index in [1.807, 2.05) is 12.1 Å². The van der Waals surface area contributed by atoms with Crippen LogP contribution in [-0.4, -0.2) is 24.5 Å². The molecule has 0 fully saturated rings. The molecule has 3 aliphatic carbocycles. The van der Waals surface area contributed by atoms with E-state index in [4.69, 9.17) is 31.5 Å². The van der Waals surface area contributed by atoms with Crippen molar-refractivity contribution in [3.05, 3.63) is 295 Å². The highest BCUT2D eigenvalue weighted by atomic mass is 35.5. The zero-order valence-corrected chi connectivity index (χ0v) is 52.1. The minimum atomic E-state index is 0.447. The summed E-state index contributed by atoms with van der Waals surface area (Å²) in [6.07, 6.45) is 1.08. The summed E-state index contributed by atoms with van der Waals surface area (Å²) < 4.78 is 4.73. The van der Waals surface area contributed by atoms with Crippen molar-refractivity contribution in [1.82, 2.24) is 24.5 Å². The Morgan fingerprint density at radius 2 is 0.731 bits per heavy atom. The highest BCUT2D eigenvalue weighted by Crippen LogP contribution is 2.52. The van der Waals surface area contributed by atoms with Crippen molar-refractivity contribution < 1.29 is 0 Å². The molecule has 0 amide bonds. The van der Waals surface area contributed by atoms with Gasteiger partial charge in [0.05, 0.1) is 11.0 Å². The molecule has 432 valence electrons. The Kier molecular flexibility index (Phi) is 11.5. The lowest BCUT2D eigenvalue weighted by Gasteiger charge is -2.15. The van der Waals surface area contributed by atoms with Gasteiger partial charge in [0, 0.05) is 42.1 Å². The Hall–Kier alpha value is -11.2. The molecule has 0 unspecified atom stereocenters. The first kappa shape index (κ1) is 52.6. The number of aromatic nitrogens is 5. The van der Waals surface area contributed by atoms with Crippen molar-refractivity contribution >= 4 is 140 Å². The summed E-state index contributed by atoms with van der Waals surface area (Å²) in [5.41, 5.74) is 23.9. The van der Waals surface area contributed by atoms with Gasteiger partial charge >= 0.3 is 0 Å². The monoisotopic (exact) mass is 1240 g/mol. The fraction of sp³-hybridized carbons (Fsp3) is 0.0118. The van der Waals surface area contributed by atoms with E-state index in [1.54, 1.807) is 22.7 Å². The molecular weight excluding hydrogens is 1190 g/mol. The van der Waals surface area contributed by atoms with Gasteiger partial charge in [0.1, 0.15) is 32.1 Å². The van der Waals surface area contributed by atoms with E-state index in [2.05, 4.69) is 271 Å². The molecule has 3 aliphatic rings. The highest BCUT2D eigenvalue weighted by Gasteiger charge is 2.28. The third kappa shape index (κ3) is 7.98. The molecule has 0 saturated carbocycles. The quantitative estimate of drug-likeness (QED) is 0.177. The van der Waals surface area contributed by atoms with Crippen LogP contribution in [-0.2, 0) is 6.42 Å². The van der Waals surface area contributed by atoms with Gasteiger partial charge in [0.15, 0.2) is 11.0 Å². The lowest BCUT2D eigenvalue weighted by molar-refractivity contribution is 1.09. The number of rotatable bonds is 3. The van der Waals surface area contributed by atoms with Gasteiger partial charge in [-0.1, -0.05) is 254 Å². The Balaban J connectivity index is 0.000000108. The van der Waals surface area contributed by atoms with E-state index in [1.165, 1.54) is 125 Å². The zero-order chi connectivity index (χ0) is 61.0. The van der Waals surface area contributed by atoms with Gasteiger partial charge in [-0.2, -0.15) is 0 Å². The minimum Gasteiger partial charge on any atom is -0.292 e. The van der Waals surface area contributed by atoms with Crippen LogP contribution in [0.25, 0.3) is 190 Å². The standard InChI is InChI=1S/C42H23N3S.C26H13ClN2S.C17H12/c1-2-11-25-23-36-34(22-24(25)10-1)28-14-5-7-18-35(28)45(36)41-39(44-42-40(43-41)33-15-6-8-19-37(33)46-42)32-21-20-31-27-13-4-3-12-26(27)29-16-9-17-30(32)38(29)31;27-25-23(29-26-24(28-25)20-8-3-4-11-21(20)30-26)19-13-12-18-15-7-2-1-6-14(15)16-9-5-10-17(19)22(16)18;1-2-6-13-11-17-15(9-12(13)5-1)10-14-7-3-4-8-16(14)17/h1-23H;1-13H;1-9,11H,10H2. The van der Waals surface area contributed by atoms with Crippen molar-refractivity contribution in [1.29, 1.82) is 0 Å². The number of nitrogens with zero attached hydrogens (tertiary/aromatic N) is 5. The van der Waals surface area contributed by atoms with Crippen LogP contribution < -0.4 is 0 Å². The normalized spacial score (nSPS) is 12.3. The van der Waals surface area contributed by atoms with Gasteiger partial charge in [-0.3, -0.25) is 4.57 Å². The van der Waals surface area contributed by atoms with E-state index in [0.717, 1.165) is 82.6 Å². The predicted molar refractivity (Wildman–Crippen MR) is 394 cm³/mol. The fourth-order valence-electron chi connectivity index (χ4n) is 15.3. The summed E-state index contributed by atoms with van der Waals surface area (Å²) in [6.45, 7) is 0. The van der Waals surface area contributed by atoms with Gasteiger partial charge < -0.3 is 0 Å². The topological polar surface area (TPSA) is 56.5 Å². The molecule has 19 aromatic rings. The minimum absolute atomic E-state index is 0.447. The van der Waals surface area contributed by atoms with Crippen LogP contribution in [0.5, 0.6) is 0 Å². The molecule has 5 nitrogen and oxygen atoms in total. The second-order valence-corrected chi connectivity index (χ2v) is 26.8. The van der Waals surface area contributed by atoms with E-state index >= 15 is 0 Å². The first-order chi connectivity index (χ1) is 46.0. The first-order valence-electron chi connectivity index (χ1n) is 31.4. The molecule has 0 aliphatic heterocycles. The molecule has 0 radical (unpaired) electrons. The largest absolute Gasteiger partial charge is 0.292 e. The van der Waals surface area contributed by atoms with Gasteiger partial charge in [-0.05, 0) is 153 Å². The van der Waals surface area contributed by atoms with Crippen LogP contribution in [0.4, 0.5) is 0 Å². The third-order valence-corrected chi connectivity index (χ3v) is 21.8. The van der Waals surface area contributed by atoms with E-state index in [9.17, 15) is 0 Å². The maximum Gasteiger partial charge on any atom is 0.165 e. The SMILES string of the molecule is Clc1nc2c(nc1-c1ccc3c4c(cccc14)-c1ccccc1-3)sc1ccccc12.c1ccc2c(c1)-c1cccc3c(-c4nc5sc6ccccc6c5nc4-n4c5ccccc5c5cc6ccccc6cc54)ccc-2c13.c1ccc2c(c1)Cc1cc3ccccc3cc1-2. The second kappa shape index (κ2) is 20.4. The maximum atomic E-state index is 6.71. The van der Waals surface area contributed by atoms with Gasteiger partial charge in [-0.25, -0.2) is 19.9 Å². The lowest BCUT2D eigenvalue weighted by atomic mass is 9.96. The number of para-hydroxylation sites is 1. The Morgan fingerprint density at radius 3 is 1.35 bits per heavy atom. The third-order valence-electron chi connectivity index (χ3n) is 19.4. The number of halogens is 1. The molecule has 0 saturated heterocycles. The molecule has 0 atom stereocenters. The number of fused-ring (bicyclic) bond motifs is 20. The Morgan fingerprint density at radius 1 is 0.290 bits per heavy atom. The molecule has 93 heavy (non-hydrogen) atoms.